The number of carbonyl (C=O) groups excluding carboxylic acids is 1. The fourth-order valence-corrected chi connectivity index (χ4v) is 3.94. The molecule has 4 rings (SSSR count). The van der Waals surface area contributed by atoms with E-state index in [4.69, 9.17) is 9.47 Å². The fourth-order valence-electron chi connectivity index (χ4n) is 3.94. The van der Waals surface area contributed by atoms with Crippen LogP contribution in [0.2, 0.25) is 0 Å². The Morgan fingerprint density at radius 2 is 1.62 bits per heavy atom. The van der Waals surface area contributed by atoms with Gasteiger partial charge in [0, 0.05) is 44.5 Å². The molecule has 2 heterocycles. The summed E-state index contributed by atoms with van der Waals surface area (Å²) in [7, 11) is 0. The predicted molar refractivity (Wildman–Crippen MR) is 114 cm³/mol. The lowest BCUT2D eigenvalue weighted by atomic mass is 10.1. The summed E-state index contributed by atoms with van der Waals surface area (Å²) in [6.45, 7) is 8.59. The van der Waals surface area contributed by atoms with Gasteiger partial charge < -0.3 is 19.7 Å². The van der Waals surface area contributed by atoms with Gasteiger partial charge in [0.15, 0.2) is 11.5 Å². The van der Waals surface area contributed by atoms with Crippen LogP contribution in [-0.2, 0) is 4.79 Å². The van der Waals surface area contributed by atoms with E-state index in [1.165, 1.54) is 5.69 Å². The van der Waals surface area contributed by atoms with Gasteiger partial charge in [-0.1, -0.05) is 30.3 Å². The highest BCUT2D eigenvalue weighted by Gasteiger charge is 2.34. The van der Waals surface area contributed by atoms with E-state index in [-0.39, 0.29) is 18.1 Å². The van der Waals surface area contributed by atoms with Crippen LogP contribution in [0.25, 0.3) is 0 Å². The Balaban J connectivity index is 1.26. The Labute approximate surface area is 172 Å². The molecule has 29 heavy (non-hydrogen) atoms. The van der Waals surface area contributed by atoms with Gasteiger partial charge in [-0.15, -0.1) is 0 Å². The van der Waals surface area contributed by atoms with Gasteiger partial charge in [-0.3, -0.25) is 9.69 Å². The van der Waals surface area contributed by atoms with Crippen LogP contribution in [0.3, 0.4) is 0 Å². The van der Waals surface area contributed by atoms with Crippen LogP contribution in [0.15, 0.2) is 54.6 Å². The Morgan fingerprint density at radius 3 is 2.31 bits per heavy atom. The number of nitrogens with zero attached hydrogens (tertiary/aromatic N) is 2. The highest BCUT2D eigenvalue weighted by Crippen LogP contribution is 2.33. The number of para-hydroxylation sites is 3. The van der Waals surface area contributed by atoms with Gasteiger partial charge in [0.1, 0.15) is 6.10 Å². The normalized spacial score (nSPS) is 22.8. The lowest BCUT2D eigenvalue weighted by Gasteiger charge is -2.39. The highest BCUT2D eigenvalue weighted by atomic mass is 16.6. The molecule has 6 nitrogen and oxygen atoms in total. The molecule has 2 aliphatic heterocycles. The number of nitrogens with one attached hydrogen (secondary N) is 1. The lowest BCUT2D eigenvalue weighted by Crippen LogP contribution is -2.54. The Kier molecular flexibility index (Phi) is 5.90. The Morgan fingerprint density at radius 1 is 1.00 bits per heavy atom. The van der Waals surface area contributed by atoms with E-state index in [1.807, 2.05) is 37.3 Å². The molecule has 154 valence electrons. The van der Waals surface area contributed by atoms with E-state index in [2.05, 4.69) is 46.3 Å². The van der Waals surface area contributed by atoms with Gasteiger partial charge >= 0.3 is 0 Å². The number of hydrogen-bond acceptors (Lipinski definition) is 5. The molecule has 1 N–H and O–H groups in total. The second kappa shape index (κ2) is 8.74. The maximum absolute atomic E-state index is 12.7. The molecule has 0 unspecified atom stereocenters. The number of amides is 1. The van der Waals surface area contributed by atoms with E-state index in [0.717, 1.165) is 26.2 Å². The van der Waals surface area contributed by atoms with Crippen molar-refractivity contribution in [2.45, 2.75) is 32.1 Å². The summed E-state index contributed by atoms with van der Waals surface area (Å²) in [5.74, 6) is 1.19. The van der Waals surface area contributed by atoms with Gasteiger partial charge in [0.25, 0.3) is 5.91 Å². The zero-order valence-corrected chi connectivity index (χ0v) is 17.1. The quantitative estimate of drug-likeness (QED) is 0.843. The van der Waals surface area contributed by atoms with Crippen molar-refractivity contribution >= 4 is 11.6 Å². The molecule has 0 spiro atoms. The van der Waals surface area contributed by atoms with Crippen LogP contribution in [0, 0.1) is 0 Å². The molecule has 1 amide bonds. The van der Waals surface area contributed by atoms with Crippen molar-refractivity contribution in [2.75, 3.05) is 37.6 Å². The summed E-state index contributed by atoms with van der Waals surface area (Å²) in [4.78, 5) is 17.5. The molecular weight excluding hydrogens is 366 g/mol. The monoisotopic (exact) mass is 395 g/mol. The second-order valence-electron chi connectivity index (χ2n) is 7.76. The molecule has 0 saturated carbocycles. The van der Waals surface area contributed by atoms with Crippen molar-refractivity contribution in [3.8, 4) is 11.5 Å². The minimum Gasteiger partial charge on any atom is -0.482 e. The van der Waals surface area contributed by atoms with Crippen molar-refractivity contribution < 1.29 is 14.3 Å². The smallest absolute Gasteiger partial charge is 0.265 e. The van der Waals surface area contributed by atoms with Crippen molar-refractivity contribution in [1.29, 1.82) is 0 Å². The molecule has 2 aliphatic rings. The van der Waals surface area contributed by atoms with Gasteiger partial charge in [0.2, 0.25) is 6.10 Å². The summed E-state index contributed by atoms with van der Waals surface area (Å²) in [5.41, 5.74) is 1.27. The summed E-state index contributed by atoms with van der Waals surface area (Å²) in [6, 6.07) is 18.3. The Bertz CT molecular complexity index is 821. The minimum absolute atomic E-state index is 0.123. The van der Waals surface area contributed by atoms with Crippen LogP contribution in [-0.4, -0.2) is 61.8 Å². The number of hydrogen-bond donors (Lipinski definition) is 1. The first-order valence-electron chi connectivity index (χ1n) is 10.4. The first kappa shape index (κ1) is 19.6. The number of rotatable bonds is 5. The first-order chi connectivity index (χ1) is 14.1. The van der Waals surface area contributed by atoms with Crippen LogP contribution in [0.1, 0.15) is 13.8 Å². The number of carbonyl (C=O) groups is 1. The van der Waals surface area contributed by atoms with Crippen LogP contribution < -0.4 is 19.7 Å². The first-order valence-corrected chi connectivity index (χ1v) is 10.4. The second-order valence-corrected chi connectivity index (χ2v) is 7.76. The van der Waals surface area contributed by atoms with Gasteiger partial charge in [-0.05, 0) is 38.1 Å². The van der Waals surface area contributed by atoms with Gasteiger partial charge in [-0.25, -0.2) is 0 Å². The third kappa shape index (κ3) is 4.48. The Hall–Kier alpha value is -2.73. The number of benzene rings is 2. The summed E-state index contributed by atoms with van der Waals surface area (Å²) in [5, 5.41) is 3.05. The molecule has 1 fully saturated rings. The number of piperazine rings is 1. The molecule has 2 aromatic rings. The molecule has 0 aliphatic carbocycles. The molecular formula is C23H29N3O3. The number of anilines is 1. The van der Waals surface area contributed by atoms with Gasteiger partial charge in [0.05, 0.1) is 0 Å². The molecule has 1 saturated heterocycles. The maximum atomic E-state index is 12.7. The molecule has 6 heteroatoms. The third-order valence-electron chi connectivity index (χ3n) is 5.73. The van der Waals surface area contributed by atoms with Crippen LogP contribution >= 0.6 is 0 Å². The van der Waals surface area contributed by atoms with E-state index in [0.29, 0.717) is 18.0 Å². The topological polar surface area (TPSA) is 54.0 Å². The standard InChI is InChI=1S/C23H29N3O3/c1-17(25-12-14-26(15-13-25)19-8-4-3-5-9-19)16-24-23(27)22-18(2)28-20-10-6-7-11-21(20)29-22/h3-11,17-18,22H,12-16H2,1-2H3,(H,24,27)/t17-,18-,22+/m0/s1. The fraction of sp³-hybridized carbons (Fsp3) is 0.435. The molecule has 0 bridgehead atoms. The van der Waals surface area contributed by atoms with Crippen molar-refractivity contribution in [1.82, 2.24) is 10.2 Å². The lowest BCUT2D eigenvalue weighted by molar-refractivity contribution is -0.133. The van der Waals surface area contributed by atoms with Crippen molar-refractivity contribution in [3.63, 3.8) is 0 Å². The van der Waals surface area contributed by atoms with E-state index >= 15 is 0 Å². The zero-order chi connectivity index (χ0) is 20.2. The molecule has 3 atom stereocenters. The SMILES string of the molecule is C[C@@H]1Oc2ccccc2O[C@H]1C(=O)NC[C@H](C)N1CCN(c2ccccc2)CC1. The van der Waals surface area contributed by atoms with Crippen molar-refractivity contribution in [3.05, 3.63) is 54.6 Å². The predicted octanol–water partition coefficient (Wildman–Crippen LogP) is 2.54. The van der Waals surface area contributed by atoms with E-state index < -0.39 is 6.10 Å². The maximum Gasteiger partial charge on any atom is 0.265 e. The van der Waals surface area contributed by atoms with Gasteiger partial charge in [-0.2, -0.15) is 0 Å². The minimum atomic E-state index is -0.632. The third-order valence-corrected chi connectivity index (χ3v) is 5.73. The molecule has 2 aromatic carbocycles. The average Bonchev–Trinajstić information content (AvgIpc) is 2.77. The summed E-state index contributed by atoms with van der Waals surface area (Å²) < 4.78 is 11.7. The van der Waals surface area contributed by atoms with E-state index in [1.54, 1.807) is 0 Å². The largest absolute Gasteiger partial charge is 0.482 e. The summed E-state index contributed by atoms with van der Waals surface area (Å²) >= 11 is 0. The number of fused-ring (bicyclic) bond motifs is 1. The average molecular weight is 396 g/mol. The zero-order valence-electron chi connectivity index (χ0n) is 17.1. The molecule has 0 aromatic heterocycles. The van der Waals surface area contributed by atoms with E-state index in [9.17, 15) is 4.79 Å². The van der Waals surface area contributed by atoms with Crippen LogP contribution in [0.5, 0.6) is 11.5 Å². The van der Waals surface area contributed by atoms with Crippen LogP contribution in [0.4, 0.5) is 5.69 Å². The highest BCUT2D eigenvalue weighted by molar-refractivity contribution is 5.82. The number of ether oxygens (including phenoxy) is 2. The molecule has 0 radical (unpaired) electrons. The summed E-state index contributed by atoms with van der Waals surface area (Å²) in [6.07, 6.45) is -0.957. The van der Waals surface area contributed by atoms with Crippen molar-refractivity contribution in [2.24, 2.45) is 0 Å².